The van der Waals surface area contributed by atoms with Gasteiger partial charge in [0, 0.05) is 26.2 Å². The Bertz CT molecular complexity index is 1060. The van der Waals surface area contributed by atoms with Gasteiger partial charge in [0.05, 0.1) is 29.5 Å². The number of nitrogens with zero attached hydrogens (tertiary/aromatic N) is 2. The van der Waals surface area contributed by atoms with E-state index in [9.17, 15) is 18.0 Å². The highest BCUT2D eigenvalue weighted by molar-refractivity contribution is 7.89. The summed E-state index contributed by atoms with van der Waals surface area (Å²) in [7, 11) is -3.72. The van der Waals surface area contributed by atoms with Gasteiger partial charge in [-0.1, -0.05) is 6.07 Å². The molecule has 0 aliphatic carbocycles. The zero-order chi connectivity index (χ0) is 22.6. The van der Waals surface area contributed by atoms with E-state index >= 15 is 0 Å². The van der Waals surface area contributed by atoms with Crippen LogP contribution in [0.1, 0.15) is 22.5 Å². The zero-order valence-electron chi connectivity index (χ0n) is 17.5. The molecule has 1 aromatic carbocycles. The third-order valence-corrected chi connectivity index (χ3v) is 8.10. The predicted molar refractivity (Wildman–Crippen MR) is 121 cm³/mol. The summed E-state index contributed by atoms with van der Waals surface area (Å²) in [5.74, 6) is -1.10. The number of ether oxygens (including phenoxy) is 2. The van der Waals surface area contributed by atoms with Crippen LogP contribution in [0.5, 0.6) is 0 Å². The molecule has 0 bridgehead atoms. The normalized spacial score (nSPS) is 17.3. The number of hydrogen-bond acceptors (Lipinski definition) is 8. The van der Waals surface area contributed by atoms with E-state index in [1.165, 1.54) is 21.7 Å². The molecule has 11 heteroatoms. The molecule has 3 heterocycles. The van der Waals surface area contributed by atoms with Gasteiger partial charge in [0.2, 0.25) is 10.0 Å². The first-order valence-corrected chi connectivity index (χ1v) is 12.7. The lowest BCUT2D eigenvalue weighted by atomic mass is 10.2. The number of carbonyl (C=O) groups excluding carboxylic acids is 2. The first kappa shape index (κ1) is 22.7. The molecule has 0 atom stereocenters. The second-order valence-corrected chi connectivity index (χ2v) is 10.4. The monoisotopic (exact) mass is 479 g/mol. The van der Waals surface area contributed by atoms with Crippen LogP contribution >= 0.6 is 11.3 Å². The third kappa shape index (κ3) is 5.12. The summed E-state index contributed by atoms with van der Waals surface area (Å²) in [6.07, 6.45) is 2.05. The number of carbonyl (C=O) groups is 2. The molecule has 2 saturated heterocycles. The molecule has 2 aromatic rings. The maximum Gasteiger partial charge on any atom is 0.348 e. The van der Waals surface area contributed by atoms with Crippen molar-refractivity contribution in [3.8, 4) is 0 Å². The van der Waals surface area contributed by atoms with Gasteiger partial charge in [-0.15, -0.1) is 11.3 Å². The van der Waals surface area contributed by atoms with E-state index in [1.807, 2.05) is 0 Å². The fourth-order valence-corrected chi connectivity index (χ4v) is 5.78. The van der Waals surface area contributed by atoms with Crippen LogP contribution in [-0.2, 0) is 24.3 Å². The first-order chi connectivity index (χ1) is 15.4. The summed E-state index contributed by atoms with van der Waals surface area (Å²) in [5.41, 5.74) is 1.14. The standard InChI is InChI=1S/C21H25N3O6S2/c25-20(15-30-21(26)19-4-3-13-31-19)22-17-14-16(5-6-18(17)23-7-1-2-8-23)32(27,28)24-9-11-29-12-10-24/h3-6,13-14H,1-2,7-12,15H2,(H,22,25). The van der Waals surface area contributed by atoms with Crippen LogP contribution in [0.25, 0.3) is 0 Å². The highest BCUT2D eigenvalue weighted by Crippen LogP contribution is 2.32. The number of benzene rings is 1. The Morgan fingerprint density at radius 3 is 2.53 bits per heavy atom. The van der Waals surface area contributed by atoms with Crippen molar-refractivity contribution in [3.63, 3.8) is 0 Å². The topological polar surface area (TPSA) is 105 Å². The lowest BCUT2D eigenvalue weighted by Crippen LogP contribution is -2.40. The van der Waals surface area contributed by atoms with Crippen molar-refractivity contribution in [2.75, 3.05) is 56.2 Å². The molecule has 2 fully saturated rings. The van der Waals surface area contributed by atoms with Crippen molar-refractivity contribution in [2.45, 2.75) is 17.7 Å². The molecule has 1 N–H and O–H groups in total. The van der Waals surface area contributed by atoms with Gasteiger partial charge in [-0.2, -0.15) is 4.31 Å². The molecule has 1 amide bonds. The molecule has 1 aromatic heterocycles. The number of hydrogen-bond donors (Lipinski definition) is 1. The number of thiophene rings is 1. The molecule has 0 spiro atoms. The Kier molecular flexibility index (Phi) is 7.09. The summed E-state index contributed by atoms with van der Waals surface area (Å²) < 4.78 is 37.9. The number of nitrogens with one attached hydrogen (secondary N) is 1. The second-order valence-electron chi connectivity index (χ2n) is 7.49. The van der Waals surface area contributed by atoms with Gasteiger partial charge < -0.3 is 19.7 Å². The largest absolute Gasteiger partial charge is 0.451 e. The van der Waals surface area contributed by atoms with E-state index in [2.05, 4.69) is 10.2 Å². The lowest BCUT2D eigenvalue weighted by Gasteiger charge is -2.27. The average Bonchev–Trinajstić information content (AvgIpc) is 3.52. The Morgan fingerprint density at radius 2 is 1.84 bits per heavy atom. The van der Waals surface area contributed by atoms with Gasteiger partial charge in [-0.05, 0) is 42.5 Å². The van der Waals surface area contributed by atoms with Crippen LogP contribution in [-0.4, -0.2) is 70.6 Å². The Balaban J connectivity index is 1.53. The third-order valence-electron chi connectivity index (χ3n) is 5.35. The summed E-state index contributed by atoms with van der Waals surface area (Å²) in [4.78, 5) is 27.2. The van der Waals surface area contributed by atoms with Crippen LogP contribution in [0, 0.1) is 0 Å². The second kappa shape index (κ2) is 9.99. The molecule has 2 aliphatic heterocycles. The molecule has 32 heavy (non-hydrogen) atoms. The Hall–Kier alpha value is -2.47. The number of rotatable bonds is 7. The number of morpholine rings is 1. The first-order valence-electron chi connectivity index (χ1n) is 10.4. The van der Waals surface area contributed by atoms with Crippen LogP contribution in [0.2, 0.25) is 0 Å². The molecule has 9 nitrogen and oxygen atoms in total. The van der Waals surface area contributed by atoms with E-state index in [4.69, 9.17) is 9.47 Å². The Labute approximate surface area is 191 Å². The van der Waals surface area contributed by atoms with Crippen molar-refractivity contribution in [1.82, 2.24) is 4.31 Å². The minimum absolute atomic E-state index is 0.105. The summed E-state index contributed by atoms with van der Waals surface area (Å²) in [5, 5.41) is 4.49. The van der Waals surface area contributed by atoms with Gasteiger partial charge in [0.1, 0.15) is 4.88 Å². The minimum Gasteiger partial charge on any atom is -0.451 e. The van der Waals surface area contributed by atoms with Crippen LogP contribution in [0.4, 0.5) is 11.4 Å². The van der Waals surface area contributed by atoms with Crippen molar-refractivity contribution in [1.29, 1.82) is 0 Å². The van der Waals surface area contributed by atoms with Gasteiger partial charge >= 0.3 is 5.97 Å². The van der Waals surface area contributed by atoms with Crippen LogP contribution < -0.4 is 10.2 Å². The quantitative estimate of drug-likeness (QED) is 0.607. The molecule has 0 radical (unpaired) electrons. The summed E-state index contributed by atoms with van der Waals surface area (Å²) >= 11 is 1.23. The van der Waals surface area contributed by atoms with Gasteiger partial charge in [-0.3, -0.25) is 4.79 Å². The van der Waals surface area contributed by atoms with Gasteiger partial charge in [0.15, 0.2) is 6.61 Å². The molecule has 0 saturated carbocycles. The zero-order valence-corrected chi connectivity index (χ0v) is 19.1. The van der Waals surface area contributed by atoms with Gasteiger partial charge in [-0.25, -0.2) is 13.2 Å². The molecule has 4 rings (SSSR count). The number of sulfonamides is 1. The minimum atomic E-state index is -3.72. The number of amides is 1. The molecule has 0 unspecified atom stereocenters. The highest BCUT2D eigenvalue weighted by Gasteiger charge is 2.28. The maximum absolute atomic E-state index is 13.1. The molecule has 2 aliphatic rings. The van der Waals surface area contributed by atoms with E-state index in [1.54, 1.807) is 29.6 Å². The number of anilines is 2. The summed E-state index contributed by atoms with van der Waals surface area (Å²) in [6, 6.07) is 8.13. The fraction of sp³-hybridized carbons (Fsp3) is 0.429. The predicted octanol–water partition coefficient (Wildman–Crippen LogP) is 2.16. The van der Waals surface area contributed by atoms with Gasteiger partial charge in [0.25, 0.3) is 5.91 Å². The molecular formula is C21H25N3O6S2. The summed E-state index contributed by atoms with van der Waals surface area (Å²) in [6.45, 7) is 2.47. The smallest absolute Gasteiger partial charge is 0.348 e. The van der Waals surface area contributed by atoms with Crippen molar-refractivity contribution < 1.29 is 27.5 Å². The van der Waals surface area contributed by atoms with Crippen LogP contribution in [0.15, 0.2) is 40.6 Å². The number of esters is 1. The average molecular weight is 480 g/mol. The van der Waals surface area contributed by atoms with E-state index < -0.39 is 28.5 Å². The lowest BCUT2D eigenvalue weighted by molar-refractivity contribution is -0.119. The van der Waals surface area contributed by atoms with Crippen molar-refractivity contribution in [3.05, 3.63) is 40.6 Å². The molecular weight excluding hydrogens is 454 g/mol. The van der Waals surface area contributed by atoms with E-state index in [0.717, 1.165) is 31.6 Å². The van der Waals surface area contributed by atoms with E-state index in [-0.39, 0.29) is 18.0 Å². The van der Waals surface area contributed by atoms with Crippen molar-refractivity contribution >= 4 is 44.6 Å². The van der Waals surface area contributed by atoms with Crippen LogP contribution in [0.3, 0.4) is 0 Å². The molecule has 172 valence electrons. The van der Waals surface area contributed by atoms with E-state index in [0.29, 0.717) is 23.8 Å². The SMILES string of the molecule is O=C(COC(=O)c1cccs1)Nc1cc(S(=O)(=O)N2CCOCC2)ccc1N1CCCC1. The van der Waals surface area contributed by atoms with Crippen molar-refractivity contribution in [2.24, 2.45) is 0 Å². The Morgan fingerprint density at radius 1 is 1.09 bits per heavy atom. The fourth-order valence-electron chi connectivity index (χ4n) is 3.73. The highest BCUT2D eigenvalue weighted by atomic mass is 32.2. The maximum atomic E-state index is 13.1.